The van der Waals surface area contributed by atoms with Crippen LogP contribution in [0.25, 0.3) is 11.4 Å². The molecule has 1 atom stereocenters. The Hall–Kier alpha value is -3.55. The van der Waals surface area contributed by atoms with E-state index in [9.17, 15) is 14.0 Å². The number of halogens is 1. The van der Waals surface area contributed by atoms with Gasteiger partial charge < -0.3 is 14.7 Å². The fourth-order valence-electron chi connectivity index (χ4n) is 3.83. The van der Waals surface area contributed by atoms with Crippen LogP contribution in [-0.4, -0.2) is 39.9 Å². The van der Waals surface area contributed by atoms with Crippen LogP contribution < -0.4 is 5.32 Å². The van der Waals surface area contributed by atoms with E-state index in [0.29, 0.717) is 42.2 Å². The maximum absolute atomic E-state index is 13.9. The summed E-state index contributed by atoms with van der Waals surface area (Å²) in [5.41, 5.74) is 1.54. The zero-order chi connectivity index (χ0) is 21.8. The van der Waals surface area contributed by atoms with E-state index >= 15 is 0 Å². The van der Waals surface area contributed by atoms with E-state index in [0.717, 1.165) is 12.8 Å². The molecule has 4 rings (SSSR count). The van der Waals surface area contributed by atoms with Crippen LogP contribution in [-0.2, 0) is 11.2 Å². The number of likely N-dealkylation sites (tertiary alicyclic amines) is 1. The summed E-state index contributed by atoms with van der Waals surface area (Å²) >= 11 is 0. The van der Waals surface area contributed by atoms with E-state index < -0.39 is 5.82 Å². The molecule has 3 aromatic rings. The van der Waals surface area contributed by atoms with E-state index in [1.807, 2.05) is 4.90 Å². The van der Waals surface area contributed by atoms with Gasteiger partial charge in [-0.05, 0) is 55.2 Å². The maximum atomic E-state index is 13.9. The standard InChI is InChI=1S/C23H23FN4O3/c1-15(29)25-18-10-8-17(9-11-18)23(30)28-12-4-5-16(14-28)13-21-26-22(27-31-21)19-6-2-3-7-20(19)24/h2-3,6-11,16H,4-5,12-14H2,1H3,(H,25,29). The number of aromatic nitrogens is 2. The Labute approximate surface area is 179 Å². The fraction of sp³-hybridized carbons (Fsp3) is 0.304. The summed E-state index contributed by atoms with van der Waals surface area (Å²) in [5, 5.41) is 6.60. The molecule has 0 radical (unpaired) electrons. The first-order chi connectivity index (χ1) is 15.0. The van der Waals surface area contributed by atoms with Gasteiger partial charge in [0.1, 0.15) is 5.82 Å². The van der Waals surface area contributed by atoms with Crippen LogP contribution in [0.2, 0.25) is 0 Å². The highest BCUT2D eigenvalue weighted by Gasteiger charge is 2.26. The Morgan fingerprint density at radius 1 is 1.19 bits per heavy atom. The minimum absolute atomic E-state index is 0.0448. The van der Waals surface area contributed by atoms with Gasteiger partial charge in [-0.15, -0.1) is 0 Å². The number of piperidine rings is 1. The van der Waals surface area contributed by atoms with Gasteiger partial charge in [-0.2, -0.15) is 4.98 Å². The molecule has 0 spiro atoms. The van der Waals surface area contributed by atoms with Crippen molar-refractivity contribution in [1.29, 1.82) is 0 Å². The molecule has 2 amide bonds. The van der Waals surface area contributed by atoms with Gasteiger partial charge in [0.15, 0.2) is 0 Å². The highest BCUT2D eigenvalue weighted by molar-refractivity contribution is 5.95. The van der Waals surface area contributed by atoms with Crippen LogP contribution in [0, 0.1) is 11.7 Å². The minimum atomic E-state index is -0.395. The van der Waals surface area contributed by atoms with Crippen molar-refractivity contribution in [3.05, 3.63) is 65.8 Å². The topological polar surface area (TPSA) is 88.3 Å². The summed E-state index contributed by atoms with van der Waals surface area (Å²) in [4.78, 5) is 30.2. The number of carbonyl (C=O) groups is 2. The number of amides is 2. The molecular weight excluding hydrogens is 399 g/mol. The molecule has 31 heavy (non-hydrogen) atoms. The van der Waals surface area contributed by atoms with Crippen LogP contribution in [0.15, 0.2) is 53.1 Å². The second-order valence-corrected chi connectivity index (χ2v) is 7.71. The third-order valence-electron chi connectivity index (χ3n) is 5.30. The van der Waals surface area contributed by atoms with Gasteiger partial charge >= 0.3 is 0 Å². The van der Waals surface area contributed by atoms with Gasteiger partial charge in [-0.25, -0.2) is 4.39 Å². The second kappa shape index (κ2) is 9.07. The molecule has 1 fully saturated rings. The molecule has 2 aromatic carbocycles. The summed E-state index contributed by atoms with van der Waals surface area (Å²) < 4.78 is 19.3. The molecule has 0 aliphatic carbocycles. The van der Waals surface area contributed by atoms with Crippen molar-refractivity contribution >= 4 is 17.5 Å². The Morgan fingerprint density at radius 2 is 1.97 bits per heavy atom. The molecule has 1 unspecified atom stereocenters. The van der Waals surface area contributed by atoms with Crippen molar-refractivity contribution in [1.82, 2.24) is 15.0 Å². The number of benzene rings is 2. The summed E-state index contributed by atoms with van der Waals surface area (Å²) in [6.07, 6.45) is 2.37. The van der Waals surface area contributed by atoms with E-state index in [4.69, 9.17) is 4.52 Å². The number of nitrogens with zero attached hydrogens (tertiary/aromatic N) is 3. The summed E-state index contributed by atoms with van der Waals surface area (Å²) in [5.74, 6) is 0.265. The maximum Gasteiger partial charge on any atom is 0.253 e. The molecule has 2 heterocycles. The van der Waals surface area contributed by atoms with Gasteiger partial charge in [0.25, 0.3) is 5.91 Å². The van der Waals surface area contributed by atoms with Crippen molar-refractivity contribution in [2.45, 2.75) is 26.2 Å². The molecule has 8 heteroatoms. The van der Waals surface area contributed by atoms with Gasteiger partial charge in [0.05, 0.1) is 5.56 Å². The number of rotatable bonds is 5. The second-order valence-electron chi connectivity index (χ2n) is 7.71. The monoisotopic (exact) mass is 422 g/mol. The van der Waals surface area contributed by atoms with Crippen LogP contribution in [0.3, 0.4) is 0 Å². The number of carbonyl (C=O) groups excluding carboxylic acids is 2. The third kappa shape index (κ3) is 4.96. The Kier molecular flexibility index (Phi) is 6.06. The van der Waals surface area contributed by atoms with Crippen molar-refractivity contribution in [3.8, 4) is 11.4 Å². The van der Waals surface area contributed by atoms with E-state index in [-0.39, 0.29) is 23.6 Å². The fourth-order valence-corrected chi connectivity index (χ4v) is 3.83. The molecule has 1 aliphatic rings. The lowest BCUT2D eigenvalue weighted by molar-refractivity contribution is -0.114. The summed E-state index contributed by atoms with van der Waals surface area (Å²) in [7, 11) is 0. The molecule has 1 aromatic heterocycles. The molecule has 160 valence electrons. The normalized spacial score (nSPS) is 16.2. The zero-order valence-corrected chi connectivity index (χ0v) is 17.2. The van der Waals surface area contributed by atoms with E-state index in [2.05, 4.69) is 15.5 Å². The van der Waals surface area contributed by atoms with Gasteiger partial charge in [0.2, 0.25) is 17.6 Å². The first-order valence-corrected chi connectivity index (χ1v) is 10.2. The van der Waals surface area contributed by atoms with Gasteiger partial charge in [0, 0.05) is 37.7 Å². The summed E-state index contributed by atoms with van der Waals surface area (Å²) in [6, 6.07) is 13.2. The van der Waals surface area contributed by atoms with Crippen LogP contribution in [0.4, 0.5) is 10.1 Å². The average Bonchev–Trinajstić information content (AvgIpc) is 3.22. The van der Waals surface area contributed by atoms with E-state index in [1.54, 1.807) is 42.5 Å². The van der Waals surface area contributed by atoms with E-state index in [1.165, 1.54) is 13.0 Å². The molecule has 0 saturated carbocycles. The van der Waals surface area contributed by atoms with Crippen LogP contribution in [0.5, 0.6) is 0 Å². The zero-order valence-electron chi connectivity index (χ0n) is 17.2. The van der Waals surface area contributed by atoms with Crippen molar-refractivity contribution in [2.75, 3.05) is 18.4 Å². The Balaban J connectivity index is 1.39. The van der Waals surface area contributed by atoms with Crippen molar-refractivity contribution in [3.63, 3.8) is 0 Å². The van der Waals surface area contributed by atoms with Crippen molar-refractivity contribution in [2.24, 2.45) is 5.92 Å². The predicted molar refractivity (Wildman–Crippen MR) is 113 cm³/mol. The lowest BCUT2D eigenvalue weighted by Crippen LogP contribution is -2.40. The third-order valence-corrected chi connectivity index (χ3v) is 5.30. The average molecular weight is 422 g/mol. The summed E-state index contributed by atoms with van der Waals surface area (Å²) in [6.45, 7) is 2.71. The molecular formula is C23H23FN4O3. The van der Waals surface area contributed by atoms with Gasteiger partial charge in [-0.1, -0.05) is 17.3 Å². The highest BCUT2D eigenvalue weighted by Crippen LogP contribution is 2.24. The molecule has 7 nitrogen and oxygen atoms in total. The first-order valence-electron chi connectivity index (χ1n) is 10.2. The number of nitrogens with one attached hydrogen (secondary N) is 1. The lowest BCUT2D eigenvalue weighted by atomic mass is 9.94. The predicted octanol–water partition coefficient (Wildman–Crippen LogP) is 3.93. The SMILES string of the molecule is CC(=O)Nc1ccc(C(=O)N2CCCC(Cc3nc(-c4ccccc4F)no3)C2)cc1. The Morgan fingerprint density at radius 3 is 2.71 bits per heavy atom. The molecule has 1 aliphatic heterocycles. The smallest absolute Gasteiger partial charge is 0.253 e. The highest BCUT2D eigenvalue weighted by atomic mass is 19.1. The number of hydrogen-bond donors (Lipinski definition) is 1. The molecule has 1 saturated heterocycles. The minimum Gasteiger partial charge on any atom is -0.339 e. The largest absolute Gasteiger partial charge is 0.339 e. The van der Waals surface area contributed by atoms with Crippen molar-refractivity contribution < 1.29 is 18.5 Å². The van der Waals surface area contributed by atoms with Gasteiger partial charge in [-0.3, -0.25) is 9.59 Å². The first kappa shape index (κ1) is 20.7. The van der Waals surface area contributed by atoms with Crippen LogP contribution in [0.1, 0.15) is 36.0 Å². The van der Waals surface area contributed by atoms with Crippen LogP contribution >= 0.6 is 0 Å². The number of hydrogen-bond acceptors (Lipinski definition) is 5. The molecule has 1 N–H and O–H groups in total. The number of anilines is 1. The quantitative estimate of drug-likeness (QED) is 0.673. The molecule has 0 bridgehead atoms. The lowest BCUT2D eigenvalue weighted by Gasteiger charge is -2.32. The Bertz CT molecular complexity index is 1080.